The van der Waals surface area contributed by atoms with Crippen LogP contribution < -0.4 is 9.50 Å². The SMILES string of the molecule is Cc1cc(CNc2nc(OS(C)(=O)=O)nc3nc[nH]c23)cc(C)c1O. The van der Waals surface area contributed by atoms with E-state index in [1.165, 1.54) is 6.33 Å². The Balaban J connectivity index is 1.91. The molecule has 0 atom stereocenters. The van der Waals surface area contributed by atoms with Gasteiger partial charge in [0.15, 0.2) is 11.5 Å². The van der Waals surface area contributed by atoms with Crippen LogP contribution in [0.2, 0.25) is 0 Å². The van der Waals surface area contributed by atoms with E-state index in [0.717, 1.165) is 22.9 Å². The first-order valence-electron chi connectivity index (χ1n) is 7.36. The third kappa shape index (κ3) is 3.79. The molecule has 0 aliphatic rings. The number of hydrogen-bond acceptors (Lipinski definition) is 8. The van der Waals surface area contributed by atoms with Crippen LogP contribution >= 0.6 is 0 Å². The zero-order valence-electron chi connectivity index (χ0n) is 13.9. The third-order valence-electron chi connectivity index (χ3n) is 3.50. The maximum atomic E-state index is 11.3. The van der Waals surface area contributed by atoms with E-state index >= 15 is 0 Å². The minimum absolute atomic E-state index is 0.269. The van der Waals surface area contributed by atoms with Crippen LogP contribution in [0.3, 0.4) is 0 Å². The molecule has 132 valence electrons. The van der Waals surface area contributed by atoms with Crippen molar-refractivity contribution in [2.24, 2.45) is 0 Å². The van der Waals surface area contributed by atoms with Gasteiger partial charge in [-0.15, -0.1) is 0 Å². The van der Waals surface area contributed by atoms with Crippen molar-refractivity contribution in [1.29, 1.82) is 0 Å². The van der Waals surface area contributed by atoms with Gasteiger partial charge in [0.1, 0.15) is 11.3 Å². The predicted molar refractivity (Wildman–Crippen MR) is 92.1 cm³/mol. The molecule has 2 heterocycles. The van der Waals surface area contributed by atoms with Gasteiger partial charge in [0.25, 0.3) is 0 Å². The molecule has 0 unspecified atom stereocenters. The van der Waals surface area contributed by atoms with Gasteiger partial charge in [-0.05, 0) is 30.5 Å². The molecular formula is C15H17N5O4S. The molecule has 3 N–H and O–H groups in total. The van der Waals surface area contributed by atoms with E-state index in [4.69, 9.17) is 4.18 Å². The first kappa shape index (κ1) is 17.0. The topological polar surface area (TPSA) is 130 Å². The second kappa shape index (κ2) is 6.20. The minimum atomic E-state index is -3.75. The van der Waals surface area contributed by atoms with Crippen LogP contribution in [0, 0.1) is 13.8 Å². The van der Waals surface area contributed by atoms with E-state index in [-0.39, 0.29) is 17.4 Å². The Morgan fingerprint density at radius 3 is 2.56 bits per heavy atom. The Morgan fingerprint density at radius 2 is 1.92 bits per heavy atom. The normalized spacial score (nSPS) is 11.6. The first-order chi connectivity index (χ1) is 11.7. The van der Waals surface area contributed by atoms with Crippen LogP contribution in [-0.2, 0) is 16.7 Å². The van der Waals surface area contributed by atoms with Crippen molar-refractivity contribution < 1.29 is 17.7 Å². The molecule has 0 fully saturated rings. The summed E-state index contributed by atoms with van der Waals surface area (Å²) in [7, 11) is -3.75. The molecule has 10 heteroatoms. The van der Waals surface area contributed by atoms with Crippen molar-refractivity contribution in [3.05, 3.63) is 35.2 Å². The van der Waals surface area contributed by atoms with Crippen molar-refractivity contribution in [3.8, 4) is 11.8 Å². The van der Waals surface area contributed by atoms with Crippen molar-refractivity contribution in [3.63, 3.8) is 0 Å². The monoisotopic (exact) mass is 363 g/mol. The summed E-state index contributed by atoms with van der Waals surface area (Å²) in [4.78, 5) is 15.0. The molecule has 9 nitrogen and oxygen atoms in total. The van der Waals surface area contributed by atoms with Crippen molar-refractivity contribution in [1.82, 2.24) is 19.9 Å². The Kier molecular flexibility index (Phi) is 4.21. The number of phenolic OH excluding ortho intramolecular Hbond substituents is 1. The lowest BCUT2D eigenvalue weighted by atomic mass is 10.1. The van der Waals surface area contributed by atoms with Gasteiger partial charge in [-0.25, -0.2) is 4.98 Å². The second-order valence-corrected chi connectivity index (χ2v) is 7.25. The fourth-order valence-electron chi connectivity index (χ4n) is 2.45. The van der Waals surface area contributed by atoms with Crippen molar-refractivity contribution in [2.45, 2.75) is 20.4 Å². The zero-order valence-corrected chi connectivity index (χ0v) is 14.7. The molecular weight excluding hydrogens is 346 g/mol. The van der Waals surface area contributed by atoms with E-state index in [1.54, 1.807) is 0 Å². The third-order valence-corrected chi connectivity index (χ3v) is 3.95. The molecule has 3 rings (SSSR count). The maximum absolute atomic E-state index is 11.3. The number of fused-ring (bicyclic) bond motifs is 1. The highest BCUT2D eigenvalue weighted by atomic mass is 32.2. The molecule has 0 radical (unpaired) electrons. The average molecular weight is 363 g/mol. The fraction of sp³-hybridized carbons (Fsp3) is 0.267. The summed E-state index contributed by atoms with van der Waals surface area (Å²) < 4.78 is 27.3. The number of phenols is 1. The summed E-state index contributed by atoms with van der Waals surface area (Å²) in [5, 5.41) is 13.0. The molecule has 1 aromatic carbocycles. The van der Waals surface area contributed by atoms with Crippen LogP contribution in [0.4, 0.5) is 5.82 Å². The molecule has 0 aliphatic heterocycles. The Bertz CT molecular complexity index is 1020. The van der Waals surface area contributed by atoms with Gasteiger partial charge in [0.05, 0.1) is 12.6 Å². The number of rotatable bonds is 5. The van der Waals surface area contributed by atoms with Crippen molar-refractivity contribution in [2.75, 3.05) is 11.6 Å². The minimum Gasteiger partial charge on any atom is -0.507 e. The molecule has 0 aliphatic carbocycles. The van der Waals surface area contributed by atoms with Crippen LogP contribution in [0.5, 0.6) is 11.8 Å². The summed E-state index contributed by atoms with van der Waals surface area (Å²) in [6.45, 7) is 4.05. The molecule has 0 bridgehead atoms. The number of anilines is 1. The molecule has 25 heavy (non-hydrogen) atoms. The largest absolute Gasteiger partial charge is 0.507 e. The van der Waals surface area contributed by atoms with Crippen LogP contribution in [-0.4, -0.2) is 39.7 Å². The Morgan fingerprint density at radius 1 is 1.24 bits per heavy atom. The highest BCUT2D eigenvalue weighted by Crippen LogP contribution is 2.25. The fourth-order valence-corrected chi connectivity index (χ4v) is 2.79. The highest BCUT2D eigenvalue weighted by molar-refractivity contribution is 7.86. The number of aromatic hydroxyl groups is 1. The van der Waals surface area contributed by atoms with Gasteiger partial charge in [-0.2, -0.15) is 18.4 Å². The van der Waals surface area contributed by atoms with Gasteiger partial charge in [0, 0.05) is 6.54 Å². The molecule has 2 aromatic heterocycles. The quantitative estimate of drug-likeness (QED) is 0.583. The number of aromatic nitrogens is 4. The van der Waals surface area contributed by atoms with Gasteiger partial charge < -0.3 is 19.6 Å². The molecule has 3 aromatic rings. The number of nitrogens with one attached hydrogen (secondary N) is 2. The second-order valence-electron chi connectivity index (χ2n) is 5.68. The number of aryl methyl sites for hydroxylation is 2. The standard InChI is InChI=1S/C15H17N5O4S/c1-8-4-10(5-9(2)12(8)21)6-16-13-11-14(18-7-17-11)20-15(19-13)24-25(3,22)23/h4-5,7,21H,6H2,1-3H3,(H2,16,17,18,19,20). The Labute approximate surface area is 144 Å². The van der Waals surface area contributed by atoms with Crippen LogP contribution in [0.25, 0.3) is 11.2 Å². The van der Waals surface area contributed by atoms with E-state index in [0.29, 0.717) is 17.9 Å². The van der Waals surface area contributed by atoms with E-state index in [9.17, 15) is 13.5 Å². The lowest BCUT2D eigenvalue weighted by Crippen LogP contribution is -2.10. The molecule has 0 saturated heterocycles. The number of nitrogens with zero attached hydrogens (tertiary/aromatic N) is 3. The van der Waals surface area contributed by atoms with Crippen LogP contribution in [0.1, 0.15) is 16.7 Å². The maximum Gasteiger partial charge on any atom is 0.337 e. The summed E-state index contributed by atoms with van der Waals surface area (Å²) in [5.41, 5.74) is 3.30. The highest BCUT2D eigenvalue weighted by Gasteiger charge is 2.14. The lowest BCUT2D eigenvalue weighted by Gasteiger charge is -2.11. The van der Waals surface area contributed by atoms with Gasteiger partial charge in [0.2, 0.25) is 0 Å². The molecule has 0 saturated carbocycles. The number of benzene rings is 1. The van der Waals surface area contributed by atoms with Gasteiger partial charge in [-0.3, -0.25) is 0 Å². The number of aromatic amines is 1. The zero-order chi connectivity index (χ0) is 18.2. The number of imidazole rings is 1. The Hall–Kier alpha value is -2.88. The van der Waals surface area contributed by atoms with Gasteiger partial charge in [-0.1, -0.05) is 12.1 Å². The average Bonchev–Trinajstić information content (AvgIpc) is 2.96. The first-order valence-corrected chi connectivity index (χ1v) is 9.18. The summed E-state index contributed by atoms with van der Waals surface area (Å²) in [5.74, 6) is 0.634. The van der Waals surface area contributed by atoms with E-state index < -0.39 is 10.1 Å². The lowest BCUT2D eigenvalue weighted by molar-refractivity contribution is 0.466. The molecule has 0 spiro atoms. The summed E-state index contributed by atoms with van der Waals surface area (Å²) in [6, 6.07) is 3.41. The van der Waals surface area contributed by atoms with Gasteiger partial charge >= 0.3 is 16.1 Å². The smallest absolute Gasteiger partial charge is 0.337 e. The number of hydrogen-bond donors (Lipinski definition) is 3. The summed E-state index contributed by atoms with van der Waals surface area (Å²) >= 11 is 0. The van der Waals surface area contributed by atoms with E-state index in [2.05, 4.69) is 25.3 Å². The number of H-pyrrole nitrogens is 1. The van der Waals surface area contributed by atoms with Crippen LogP contribution in [0.15, 0.2) is 18.5 Å². The predicted octanol–water partition coefficient (Wildman–Crippen LogP) is 1.63. The summed E-state index contributed by atoms with van der Waals surface area (Å²) in [6.07, 6.45) is 2.35. The van der Waals surface area contributed by atoms with E-state index in [1.807, 2.05) is 26.0 Å². The van der Waals surface area contributed by atoms with Crippen molar-refractivity contribution >= 4 is 27.1 Å². The molecule has 0 amide bonds.